The van der Waals surface area contributed by atoms with Crippen LogP contribution in [0.25, 0.3) is 0 Å². The third kappa shape index (κ3) is 3.68. The van der Waals surface area contributed by atoms with E-state index < -0.39 is 0 Å². The van der Waals surface area contributed by atoms with E-state index in [4.69, 9.17) is 10.5 Å². The van der Waals surface area contributed by atoms with Gasteiger partial charge in [0.1, 0.15) is 18.2 Å². The molecule has 18 heavy (non-hydrogen) atoms. The molecule has 0 aliphatic carbocycles. The van der Waals surface area contributed by atoms with Crippen LogP contribution in [0.4, 0.5) is 4.39 Å². The summed E-state index contributed by atoms with van der Waals surface area (Å²) in [7, 11) is 0. The molecule has 4 heteroatoms. The fourth-order valence-corrected chi connectivity index (χ4v) is 2.33. The summed E-state index contributed by atoms with van der Waals surface area (Å²) in [5.41, 5.74) is 6.38. The van der Waals surface area contributed by atoms with Gasteiger partial charge >= 0.3 is 0 Å². The van der Waals surface area contributed by atoms with Gasteiger partial charge in [-0.25, -0.2) is 4.39 Å². The fourth-order valence-electron chi connectivity index (χ4n) is 2.33. The van der Waals surface area contributed by atoms with Crippen molar-refractivity contribution in [3.05, 3.63) is 29.6 Å². The summed E-state index contributed by atoms with van der Waals surface area (Å²) >= 11 is 0. The zero-order valence-corrected chi connectivity index (χ0v) is 10.7. The van der Waals surface area contributed by atoms with E-state index in [0.29, 0.717) is 19.6 Å². The molecule has 1 fully saturated rings. The molecule has 2 N–H and O–H groups in total. The minimum Gasteiger partial charge on any atom is -0.492 e. The Bertz CT molecular complexity index is 378. The Kier molecular flexibility index (Phi) is 4.96. The molecule has 0 bridgehead atoms. The van der Waals surface area contributed by atoms with Gasteiger partial charge in [-0.15, -0.1) is 0 Å². The third-order valence-electron chi connectivity index (χ3n) is 3.30. The lowest BCUT2D eigenvalue weighted by atomic mass is 10.1. The van der Waals surface area contributed by atoms with Gasteiger partial charge < -0.3 is 10.5 Å². The van der Waals surface area contributed by atoms with Crippen molar-refractivity contribution >= 4 is 0 Å². The van der Waals surface area contributed by atoms with Crippen LogP contribution in [0, 0.1) is 5.82 Å². The second-order valence-corrected chi connectivity index (χ2v) is 4.69. The Morgan fingerprint density at radius 3 is 2.78 bits per heavy atom. The number of rotatable bonds is 6. The lowest BCUT2D eigenvalue weighted by molar-refractivity contribution is 0.236. The Hall–Kier alpha value is -1.13. The molecule has 1 aliphatic heterocycles. The standard InChI is InChI=1S/C14H21FN2O/c15-13-3-4-14(12(11-13)5-6-16)18-10-9-17-7-1-2-8-17/h3-4,11H,1-2,5-10,16H2. The van der Waals surface area contributed by atoms with Gasteiger partial charge in [0, 0.05) is 6.54 Å². The predicted molar refractivity (Wildman–Crippen MR) is 70.3 cm³/mol. The first kappa shape index (κ1) is 13.3. The molecule has 0 amide bonds. The average molecular weight is 252 g/mol. The Morgan fingerprint density at radius 1 is 1.28 bits per heavy atom. The molecule has 1 saturated heterocycles. The Balaban J connectivity index is 1.87. The molecule has 1 aromatic rings. The molecule has 1 heterocycles. The van der Waals surface area contributed by atoms with Gasteiger partial charge in [0.15, 0.2) is 0 Å². The van der Waals surface area contributed by atoms with Crippen LogP contribution in [0.2, 0.25) is 0 Å². The quantitative estimate of drug-likeness (QED) is 0.839. The fraction of sp³-hybridized carbons (Fsp3) is 0.571. The molecule has 100 valence electrons. The molecule has 0 unspecified atom stereocenters. The average Bonchev–Trinajstić information content (AvgIpc) is 2.85. The molecule has 0 spiro atoms. The van der Waals surface area contributed by atoms with E-state index >= 15 is 0 Å². The largest absolute Gasteiger partial charge is 0.492 e. The first-order valence-corrected chi connectivity index (χ1v) is 6.63. The topological polar surface area (TPSA) is 38.5 Å². The summed E-state index contributed by atoms with van der Waals surface area (Å²) in [6.45, 7) is 4.44. The number of benzene rings is 1. The van der Waals surface area contributed by atoms with Crippen molar-refractivity contribution in [1.82, 2.24) is 4.90 Å². The van der Waals surface area contributed by atoms with E-state index in [1.807, 2.05) is 0 Å². The van der Waals surface area contributed by atoms with Crippen LogP contribution in [-0.4, -0.2) is 37.7 Å². The van der Waals surface area contributed by atoms with Crippen molar-refractivity contribution in [1.29, 1.82) is 0 Å². The van der Waals surface area contributed by atoms with Crippen LogP contribution in [0.3, 0.4) is 0 Å². The molecule has 0 radical (unpaired) electrons. The number of hydrogen-bond donors (Lipinski definition) is 1. The highest BCUT2D eigenvalue weighted by Crippen LogP contribution is 2.20. The van der Waals surface area contributed by atoms with Crippen molar-refractivity contribution in [3.8, 4) is 5.75 Å². The Morgan fingerprint density at radius 2 is 2.06 bits per heavy atom. The van der Waals surface area contributed by atoms with Gasteiger partial charge in [-0.2, -0.15) is 0 Å². The van der Waals surface area contributed by atoms with E-state index in [1.165, 1.54) is 38.1 Å². The van der Waals surface area contributed by atoms with Gasteiger partial charge in [0.05, 0.1) is 0 Å². The number of nitrogens with two attached hydrogens (primary N) is 1. The van der Waals surface area contributed by atoms with E-state index in [-0.39, 0.29) is 5.82 Å². The number of nitrogens with zero attached hydrogens (tertiary/aromatic N) is 1. The highest BCUT2D eigenvalue weighted by molar-refractivity contribution is 5.34. The Labute approximate surface area is 108 Å². The van der Waals surface area contributed by atoms with Crippen LogP contribution in [-0.2, 0) is 6.42 Å². The molecule has 2 rings (SSSR count). The van der Waals surface area contributed by atoms with Crippen LogP contribution in [0.15, 0.2) is 18.2 Å². The second-order valence-electron chi connectivity index (χ2n) is 4.69. The summed E-state index contributed by atoms with van der Waals surface area (Å²) in [6.07, 6.45) is 3.22. The first-order valence-electron chi connectivity index (χ1n) is 6.63. The maximum absolute atomic E-state index is 13.1. The van der Waals surface area contributed by atoms with Gasteiger partial charge in [0.2, 0.25) is 0 Å². The molecular weight excluding hydrogens is 231 g/mol. The molecule has 1 aliphatic rings. The maximum Gasteiger partial charge on any atom is 0.123 e. The highest BCUT2D eigenvalue weighted by Gasteiger charge is 2.11. The second kappa shape index (κ2) is 6.71. The lowest BCUT2D eigenvalue weighted by Gasteiger charge is -2.16. The molecule has 3 nitrogen and oxygen atoms in total. The van der Waals surface area contributed by atoms with Crippen LogP contribution in [0.5, 0.6) is 5.75 Å². The van der Waals surface area contributed by atoms with Crippen molar-refractivity contribution in [2.45, 2.75) is 19.3 Å². The zero-order chi connectivity index (χ0) is 12.8. The van der Waals surface area contributed by atoms with Crippen LogP contribution < -0.4 is 10.5 Å². The molecule has 1 aromatic carbocycles. The predicted octanol–water partition coefficient (Wildman–Crippen LogP) is 1.80. The van der Waals surface area contributed by atoms with Crippen LogP contribution >= 0.6 is 0 Å². The number of ether oxygens (including phenoxy) is 1. The summed E-state index contributed by atoms with van der Waals surface area (Å²) in [6, 6.07) is 4.65. The van der Waals surface area contributed by atoms with E-state index in [1.54, 1.807) is 6.07 Å². The zero-order valence-electron chi connectivity index (χ0n) is 10.7. The normalized spacial score (nSPS) is 16.1. The first-order chi connectivity index (χ1) is 8.79. The van der Waals surface area contributed by atoms with Gasteiger partial charge in [0.25, 0.3) is 0 Å². The molecular formula is C14H21FN2O. The summed E-state index contributed by atoms with van der Waals surface area (Å²) in [4.78, 5) is 2.39. The number of likely N-dealkylation sites (tertiary alicyclic amines) is 1. The third-order valence-corrected chi connectivity index (χ3v) is 3.30. The molecule has 0 atom stereocenters. The van der Waals surface area contributed by atoms with Crippen molar-refractivity contribution in [3.63, 3.8) is 0 Å². The molecule has 0 saturated carbocycles. The van der Waals surface area contributed by atoms with Gasteiger partial charge in [-0.05, 0) is 62.7 Å². The van der Waals surface area contributed by atoms with E-state index in [9.17, 15) is 4.39 Å². The highest BCUT2D eigenvalue weighted by atomic mass is 19.1. The monoisotopic (exact) mass is 252 g/mol. The maximum atomic E-state index is 13.1. The smallest absolute Gasteiger partial charge is 0.123 e. The minimum absolute atomic E-state index is 0.231. The summed E-state index contributed by atoms with van der Waals surface area (Å²) < 4.78 is 18.9. The summed E-state index contributed by atoms with van der Waals surface area (Å²) in [5.74, 6) is 0.534. The van der Waals surface area contributed by atoms with E-state index in [0.717, 1.165) is 17.9 Å². The van der Waals surface area contributed by atoms with Gasteiger partial charge in [-0.1, -0.05) is 0 Å². The number of halogens is 1. The molecule has 0 aromatic heterocycles. The van der Waals surface area contributed by atoms with Gasteiger partial charge in [-0.3, -0.25) is 4.90 Å². The summed E-state index contributed by atoms with van der Waals surface area (Å²) in [5, 5.41) is 0. The minimum atomic E-state index is -0.231. The SMILES string of the molecule is NCCc1cc(F)ccc1OCCN1CCCC1. The van der Waals surface area contributed by atoms with Crippen molar-refractivity contribution in [2.75, 3.05) is 32.8 Å². The van der Waals surface area contributed by atoms with E-state index in [2.05, 4.69) is 4.90 Å². The van der Waals surface area contributed by atoms with Crippen LogP contribution in [0.1, 0.15) is 18.4 Å². The lowest BCUT2D eigenvalue weighted by Crippen LogP contribution is -2.25. The van der Waals surface area contributed by atoms with Crippen molar-refractivity contribution in [2.24, 2.45) is 5.73 Å². The van der Waals surface area contributed by atoms with Crippen molar-refractivity contribution < 1.29 is 9.13 Å². The number of hydrogen-bond acceptors (Lipinski definition) is 3.